The van der Waals surface area contributed by atoms with Crippen molar-refractivity contribution in [2.45, 2.75) is 26.2 Å². The molecule has 2 rings (SSSR count). The molecule has 1 aromatic rings. The van der Waals surface area contributed by atoms with Crippen LogP contribution in [0.4, 0.5) is 5.69 Å². The van der Waals surface area contributed by atoms with Crippen molar-refractivity contribution in [1.82, 2.24) is 5.48 Å². The lowest BCUT2D eigenvalue weighted by atomic mass is 10.1. The van der Waals surface area contributed by atoms with Crippen molar-refractivity contribution < 1.29 is 14.4 Å². The monoisotopic (exact) mass is 262 g/mol. The first kappa shape index (κ1) is 13.5. The maximum Gasteiger partial charge on any atom is 0.274 e. The van der Waals surface area contributed by atoms with Gasteiger partial charge < -0.3 is 4.90 Å². The Morgan fingerprint density at radius 1 is 1.32 bits per heavy atom. The normalized spacial score (nSPS) is 15.4. The summed E-state index contributed by atoms with van der Waals surface area (Å²) < 4.78 is 0. The highest BCUT2D eigenvalue weighted by Crippen LogP contribution is 2.21. The van der Waals surface area contributed by atoms with E-state index < -0.39 is 0 Å². The summed E-state index contributed by atoms with van der Waals surface area (Å²) in [5.41, 5.74) is 3.70. The molecule has 0 aliphatic carbocycles. The average molecular weight is 262 g/mol. The van der Waals surface area contributed by atoms with Gasteiger partial charge in [-0.2, -0.15) is 0 Å². The Labute approximate surface area is 112 Å². The standard InChI is InChI=1S/C14H18N2O3/c1-2-19-15-14(18)11-6-8-12(9-7-11)16-10-4-3-5-13(16)17/h6-9H,2-5,10H2,1H3,(H,15,18). The van der Waals surface area contributed by atoms with E-state index in [0.29, 0.717) is 18.6 Å². The van der Waals surface area contributed by atoms with E-state index in [9.17, 15) is 9.59 Å². The number of hydroxylamine groups is 1. The molecule has 0 bridgehead atoms. The van der Waals surface area contributed by atoms with Crippen molar-refractivity contribution in [3.8, 4) is 0 Å². The fourth-order valence-electron chi connectivity index (χ4n) is 2.07. The molecule has 102 valence electrons. The molecule has 0 spiro atoms. The third kappa shape index (κ3) is 3.32. The van der Waals surface area contributed by atoms with Crippen LogP contribution >= 0.6 is 0 Å². The number of hydrogen-bond acceptors (Lipinski definition) is 3. The molecule has 1 saturated heterocycles. The van der Waals surface area contributed by atoms with Gasteiger partial charge in [-0.1, -0.05) is 0 Å². The van der Waals surface area contributed by atoms with Crippen LogP contribution in [-0.4, -0.2) is 25.0 Å². The fourth-order valence-corrected chi connectivity index (χ4v) is 2.07. The number of piperidine rings is 1. The molecule has 0 aromatic heterocycles. The summed E-state index contributed by atoms with van der Waals surface area (Å²) in [6.45, 7) is 2.97. The first-order chi connectivity index (χ1) is 9.22. The number of carbonyl (C=O) groups is 2. The molecule has 5 heteroatoms. The zero-order chi connectivity index (χ0) is 13.7. The SMILES string of the molecule is CCONC(=O)c1ccc(N2CCCCC2=O)cc1. The molecule has 1 heterocycles. The number of amides is 2. The summed E-state index contributed by atoms with van der Waals surface area (Å²) in [5.74, 6) is -0.129. The van der Waals surface area contributed by atoms with Crippen LogP contribution in [0.5, 0.6) is 0 Å². The zero-order valence-electron chi connectivity index (χ0n) is 11.0. The summed E-state index contributed by atoms with van der Waals surface area (Å²) in [7, 11) is 0. The molecule has 1 aliphatic rings. The van der Waals surface area contributed by atoms with Gasteiger partial charge in [0.2, 0.25) is 5.91 Å². The topological polar surface area (TPSA) is 58.6 Å². The maximum atomic E-state index is 11.8. The largest absolute Gasteiger partial charge is 0.312 e. The van der Waals surface area contributed by atoms with Gasteiger partial charge in [0.25, 0.3) is 5.91 Å². The first-order valence-electron chi connectivity index (χ1n) is 6.55. The predicted octanol–water partition coefficient (Wildman–Crippen LogP) is 1.88. The van der Waals surface area contributed by atoms with E-state index in [0.717, 1.165) is 25.1 Å². The van der Waals surface area contributed by atoms with E-state index in [1.807, 2.05) is 0 Å². The lowest BCUT2D eigenvalue weighted by Gasteiger charge is -2.26. The van der Waals surface area contributed by atoms with Gasteiger partial charge in [0.05, 0.1) is 6.61 Å². The summed E-state index contributed by atoms with van der Waals surface area (Å²) in [4.78, 5) is 30.0. The third-order valence-electron chi connectivity index (χ3n) is 3.07. The number of nitrogens with zero attached hydrogens (tertiary/aromatic N) is 1. The quantitative estimate of drug-likeness (QED) is 0.843. The van der Waals surface area contributed by atoms with Crippen molar-refractivity contribution in [3.63, 3.8) is 0 Å². The minimum absolute atomic E-state index is 0.151. The van der Waals surface area contributed by atoms with Gasteiger partial charge in [-0.15, -0.1) is 0 Å². The molecule has 0 unspecified atom stereocenters. The second kappa shape index (κ2) is 6.33. The summed E-state index contributed by atoms with van der Waals surface area (Å²) in [6, 6.07) is 6.99. The Morgan fingerprint density at radius 2 is 2.05 bits per heavy atom. The van der Waals surface area contributed by atoms with Crippen molar-refractivity contribution in [2.75, 3.05) is 18.1 Å². The molecular formula is C14H18N2O3. The first-order valence-corrected chi connectivity index (χ1v) is 6.55. The van der Waals surface area contributed by atoms with Crippen molar-refractivity contribution in [1.29, 1.82) is 0 Å². The number of nitrogens with one attached hydrogen (secondary N) is 1. The summed E-state index contributed by atoms with van der Waals surface area (Å²) >= 11 is 0. The molecule has 1 aromatic carbocycles. The molecule has 2 amide bonds. The second-order valence-electron chi connectivity index (χ2n) is 4.41. The third-order valence-corrected chi connectivity index (χ3v) is 3.07. The minimum atomic E-state index is -0.279. The highest BCUT2D eigenvalue weighted by Gasteiger charge is 2.19. The van der Waals surface area contributed by atoms with E-state index in [1.165, 1.54) is 0 Å². The predicted molar refractivity (Wildman–Crippen MR) is 71.7 cm³/mol. The van der Waals surface area contributed by atoms with E-state index in [2.05, 4.69) is 5.48 Å². The highest BCUT2D eigenvalue weighted by molar-refractivity contribution is 5.96. The minimum Gasteiger partial charge on any atom is -0.312 e. The summed E-state index contributed by atoms with van der Waals surface area (Å²) in [6.07, 6.45) is 2.59. The number of hydrogen-bond donors (Lipinski definition) is 1. The van der Waals surface area contributed by atoms with Crippen molar-refractivity contribution >= 4 is 17.5 Å². The lowest BCUT2D eigenvalue weighted by molar-refractivity contribution is -0.119. The van der Waals surface area contributed by atoms with Gasteiger partial charge >= 0.3 is 0 Å². The van der Waals surface area contributed by atoms with Gasteiger partial charge in [-0.3, -0.25) is 14.4 Å². The van der Waals surface area contributed by atoms with Crippen LogP contribution in [0.2, 0.25) is 0 Å². The van der Waals surface area contributed by atoms with Gasteiger partial charge in [0, 0.05) is 24.2 Å². The Hall–Kier alpha value is -1.88. The Morgan fingerprint density at radius 3 is 2.68 bits per heavy atom. The molecular weight excluding hydrogens is 244 g/mol. The lowest BCUT2D eigenvalue weighted by Crippen LogP contribution is -2.35. The zero-order valence-corrected chi connectivity index (χ0v) is 11.0. The van der Waals surface area contributed by atoms with E-state index in [-0.39, 0.29) is 11.8 Å². The van der Waals surface area contributed by atoms with Crippen LogP contribution in [-0.2, 0) is 9.63 Å². The van der Waals surface area contributed by atoms with Crippen LogP contribution in [0, 0.1) is 0 Å². The molecule has 1 aliphatic heterocycles. The molecule has 5 nitrogen and oxygen atoms in total. The smallest absolute Gasteiger partial charge is 0.274 e. The van der Waals surface area contributed by atoms with Crippen LogP contribution in [0.1, 0.15) is 36.5 Å². The molecule has 0 atom stereocenters. The summed E-state index contributed by atoms with van der Waals surface area (Å²) in [5, 5.41) is 0. The molecule has 1 fully saturated rings. The number of benzene rings is 1. The number of anilines is 1. The number of carbonyl (C=O) groups excluding carboxylic acids is 2. The Bertz CT molecular complexity index is 456. The molecule has 1 N–H and O–H groups in total. The maximum absolute atomic E-state index is 11.8. The van der Waals surface area contributed by atoms with E-state index in [1.54, 1.807) is 36.1 Å². The van der Waals surface area contributed by atoms with Gasteiger partial charge in [0.1, 0.15) is 0 Å². The highest BCUT2D eigenvalue weighted by atomic mass is 16.6. The van der Waals surface area contributed by atoms with Crippen molar-refractivity contribution in [3.05, 3.63) is 29.8 Å². The Kier molecular flexibility index (Phi) is 4.52. The van der Waals surface area contributed by atoms with E-state index >= 15 is 0 Å². The average Bonchev–Trinajstić information content (AvgIpc) is 2.45. The molecule has 19 heavy (non-hydrogen) atoms. The van der Waals surface area contributed by atoms with Gasteiger partial charge in [-0.25, -0.2) is 5.48 Å². The molecule has 0 saturated carbocycles. The van der Waals surface area contributed by atoms with Crippen LogP contribution in [0.3, 0.4) is 0 Å². The Balaban J connectivity index is 2.05. The van der Waals surface area contributed by atoms with Gasteiger partial charge in [-0.05, 0) is 44.0 Å². The second-order valence-corrected chi connectivity index (χ2v) is 4.41. The van der Waals surface area contributed by atoms with Crippen LogP contribution in [0.25, 0.3) is 0 Å². The van der Waals surface area contributed by atoms with Crippen LogP contribution < -0.4 is 10.4 Å². The van der Waals surface area contributed by atoms with Crippen molar-refractivity contribution in [2.24, 2.45) is 0 Å². The number of rotatable bonds is 4. The van der Waals surface area contributed by atoms with Crippen LogP contribution in [0.15, 0.2) is 24.3 Å². The van der Waals surface area contributed by atoms with E-state index in [4.69, 9.17) is 4.84 Å². The molecule has 0 radical (unpaired) electrons. The fraction of sp³-hybridized carbons (Fsp3) is 0.429. The van der Waals surface area contributed by atoms with Gasteiger partial charge in [0.15, 0.2) is 0 Å².